The van der Waals surface area contributed by atoms with Crippen LogP contribution in [0.4, 0.5) is 11.6 Å². The Morgan fingerprint density at radius 1 is 1.29 bits per heavy atom. The SMILES string of the molecule is CCCNc1ncnc(NCC(C)OC)c1C. The highest BCUT2D eigenvalue weighted by Gasteiger charge is 2.07. The summed E-state index contributed by atoms with van der Waals surface area (Å²) in [6.45, 7) is 7.81. The van der Waals surface area contributed by atoms with Crippen molar-refractivity contribution >= 4 is 11.6 Å². The fraction of sp³-hybridized carbons (Fsp3) is 0.667. The van der Waals surface area contributed by atoms with E-state index in [0.717, 1.165) is 36.7 Å². The normalized spacial score (nSPS) is 12.2. The molecule has 1 aromatic heterocycles. The van der Waals surface area contributed by atoms with Crippen LogP contribution < -0.4 is 10.6 Å². The maximum Gasteiger partial charge on any atom is 0.134 e. The van der Waals surface area contributed by atoms with Gasteiger partial charge in [0.05, 0.1) is 6.10 Å². The smallest absolute Gasteiger partial charge is 0.134 e. The van der Waals surface area contributed by atoms with Gasteiger partial charge in [-0.15, -0.1) is 0 Å². The monoisotopic (exact) mass is 238 g/mol. The molecule has 1 rings (SSSR count). The van der Waals surface area contributed by atoms with Crippen LogP contribution in [0, 0.1) is 6.92 Å². The van der Waals surface area contributed by atoms with Gasteiger partial charge in [-0.1, -0.05) is 6.92 Å². The van der Waals surface area contributed by atoms with E-state index in [1.165, 1.54) is 0 Å². The third-order valence-corrected chi connectivity index (χ3v) is 2.59. The molecule has 17 heavy (non-hydrogen) atoms. The molecular weight excluding hydrogens is 216 g/mol. The summed E-state index contributed by atoms with van der Waals surface area (Å²) >= 11 is 0. The molecule has 1 heterocycles. The number of hydrogen-bond donors (Lipinski definition) is 2. The second-order valence-corrected chi connectivity index (χ2v) is 4.05. The number of nitrogens with zero attached hydrogens (tertiary/aromatic N) is 2. The van der Waals surface area contributed by atoms with Crippen LogP contribution in [0.3, 0.4) is 0 Å². The molecule has 0 saturated heterocycles. The van der Waals surface area contributed by atoms with Gasteiger partial charge in [0, 0.05) is 25.8 Å². The van der Waals surface area contributed by atoms with E-state index in [9.17, 15) is 0 Å². The third-order valence-electron chi connectivity index (χ3n) is 2.59. The molecule has 0 radical (unpaired) electrons. The van der Waals surface area contributed by atoms with Gasteiger partial charge in [0.15, 0.2) is 0 Å². The zero-order chi connectivity index (χ0) is 12.7. The lowest BCUT2D eigenvalue weighted by atomic mass is 10.3. The standard InChI is InChI=1S/C12H22N4O/c1-5-6-13-11-10(3)12(16-8-15-11)14-7-9(2)17-4/h8-9H,5-7H2,1-4H3,(H2,13,14,15,16). The molecule has 96 valence electrons. The molecular formula is C12H22N4O. The van der Waals surface area contributed by atoms with Crippen LogP contribution in [0.5, 0.6) is 0 Å². The molecule has 0 aromatic carbocycles. The van der Waals surface area contributed by atoms with E-state index in [1.54, 1.807) is 13.4 Å². The average molecular weight is 238 g/mol. The minimum Gasteiger partial charge on any atom is -0.380 e. The van der Waals surface area contributed by atoms with Crippen molar-refractivity contribution in [3.05, 3.63) is 11.9 Å². The molecule has 0 bridgehead atoms. The Morgan fingerprint density at radius 3 is 2.53 bits per heavy atom. The largest absolute Gasteiger partial charge is 0.380 e. The van der Waals surface area contributed by atoms with Gasteiger partial charge in [-0.05, 0) is 20.3 Å². The number of ether oxygens (including phenoxy) is 1. The number of anilines is 2. The highest BCUT2D eigenvalue weighted by molar-refractivity contribution is 5.56. The first-order chi connectivity index (χ1) is 8.19. The van der Waals surface area contributed by atoms with Crippen molar-refractivity contribution in [1.29, 1.82) is 0 Å². The Labute approximate surface area is 103 Å². The molecule has 5 nitrogen and oxygen atoms in total. The molecule has 0 spiro atoms. The fourth-order valence-electron chi connectivity index (χ4n) is 1.37. The molecule has 1 aromatic rings. The Hall–Kier alpha value is -1.36. The molecule has 0 amide bonds. The van der Waals surface area contributed by atoms with Crippen molar-refractivity contribution in [2.75, 3.05) is 30.8 Å². The van der Waals surface area contributed by atoms with Crippen LogP contribution in [0.25, 0.3) is 0 Å². The third kappa shape index (κ3) is 4.19. The maximum atomic E-state index is 5.19. The molecule has 0 aliphatic heterocycles. The van der Waals surface area contributed by atoms with Crippen molar-refractivity contribution < 1.29 is 4.74 Å². The summed E-state index contributed by atoms with van der Waals surface area (Å²) in [6.07, 6.45) is 2.81. The molecule has 0 aliphatic rings. The number of hydrogen-bond acceptors (Lipinski definition) is 5. The van der Waals surface area contributed by atoms with Crippen molar-refractivity contribution in [2.45, 2.75) is 33.3 Å². The van der Waals surface area contributed by atoms with Crippen molar-refractivity contribution in [3.63, 3.8) is 0 Å². The van der Waals surface area contributed by atoms with Crippen LogP contribution in [-0.4, -0.2) is 36.3 Å². The molecule has 1 atom stereocenters. The number of methoxy groups -OCH3 is 1. The molecule has 0 fully saturated rings. The van der Waals surface area contributed by atoms with E-state index < -0.39 is 0 Å². The summed E-state index contributed by atoms with van der Waals surface area (Å²) in [4.78, 5) is 8.47. The van der Waals surface area contributed by atoms with Crippen LogP contribution in [0.2, 0.25) is 0 Å². The Kier molecular flexibility index (Phi) is 5.69. The fourth-order valence-corrected chi connectivity index (χ4v) is 1.37. The highest BCUT2D eigenvalue weighted by atomic mass is 16.5. The lowest BCUT2D eigenvalue weighted by molar-refractivity contribution is 0.128. The van der Waals surface area contributed by atoms with Crippen LogP contribution in [-0.2, 0) is 4.74 Å². The van der Waals surface area contributed by atoms with Gasteiger partial charge >= 0.3 is 0 Å². The summed E-state index contributed by atoms with van der Waals surface area (Å²) in [5.74, 6) is 1.76. The summed E-state index contributed by atoms with van der Waals surface area (Å²) in [5, 5.41) is 6.55. The van der Waals surface area contributed by atoms with Gasteiger partial charge in [-0.3, -0.25) is 0 Å². The lowest BCUT2D eigenvalue weighted by Crippen LogP contribution is -2.19. The topological polar surface area (TPSA) is 59.1 Å². The minimum atomic E-state index is 0.163. The number of aromatic nitrogens is 2. The van der Waals surface area contributed by atoms with Crippen molar-refractivity contribution in [2.24, 2.45) is 0 Å². The second kappa shape index (κ2) is 7.06. The van der Waals surface area contributed by atoms with Gasteiger partial charge in [0.2, 0.25) is 0 Å². The van der Waals surface area contributed by atoms with E-state index in [-0.39, 0.29) is 6.10 Å². The maximum absolute atomic E-state index is 5.19. The average Bonchev–Trinajstić information content (AvgIpc) is 2.35. The lowest BCUT2D eigenvalue weighted by Gasteiger charge is -2.14. The minimum absolute atomic E-state index is 0.163. The Bertz CT molecular complexity index is 343. The van der Waals surface area contributed by atoms with Crippen molar-refractivity contribution in [1.82, 2.24) is 9.97 Å². The quantitative estimate of drug-likeness (QED) is 0.761. The molecule has 2 N–H and O–H groups in total. The van der Waals surface area contributed by atoms with Crippen LogP contribution >= 0.6 is 0 Å². The summed E-state index contributed by atoms with van der Waals surface area (Å²) in [5.41, 5.74) is 1.05. The van der Waals surface area contributed by atoms with Crippen LogP contribution in [0.1, 0.15) is 25.8 Å². The summed E-state index contributed by atoms with van der Waals surface area (Å²) in [6, 6.07) is 0. The molecule has 0 aliphatic carbocycles. The van der Waals surface area contributed by atoms with Gasteiger partial charge in [-0.2, -0.15) is 0 Å². The van der Waals surface area contributed by atoms with Gasteiger partial charge in [0.1, 0.15) is 18.0 Å². The van der Waals surface area contributed by atoms with Gasteiger partial charge in [0.25, 0.3) is 0 Å². The first kappa shape index (κ1) is 13.7. The van der Waals surface area contributed by atoms with Crippen molar-refractivity contribution in [3.8, 4) is 0 Å². The van der Waals surface area contributed by atoms with E-state index in [0.29, 0.717) is 0 Å². The van der Waals surface area contributed by atoms with E-state index in [4.69, 9.17) is 4.74 Å². The van der Waals surface area contributed by atoms with Gasteiger partial charge in [-0.25, -0.2) is 9.97 Å². The first-order valence-corrected chi connectivity index (χ1v) is 6.01. The number of nitrogens with one attached hydrogen (secondary N) is 2. The summed E-state index contributed by atoms with van der Waals surface area (Å²) in [7, 11) is 1.70. The van der Waals surface area contributed by atoms with Crippen LogP contribution in [0.15, 0.2) is 6.33 Å². The van der Waals surface area contributed by atoms with Gasteiger partial charge < -0.3 is 15.4 Å². The predicted molar refractivity (Wildman–Crippen MR) is 70.5 cm³/mol. The Balaban J connectivity index is 2.65. The summed E-state index contributed by atoms with van der Waals surface area (Å²) < 4.78 is 5.19. The Morgan fingerprint density at radius 2 is 1.94 bits per heavy atom. The second-order valence-electron chi connectivity index (χ2n) is 4.05. The van der Waals surface area contributed by atoms with E-state index in [1.807, 2.05) is 13.8 Å². The van der Waals surface area contributed by atoms with E-state index >= 15 is 0 Å². The highest BCUT2D eigenvalue weighted by Crippen LogP contribution is 2.17. The van der Waals surface area contributed by atoms with E-state index in [2.05, 4.69) is 27.5 Å². The molecule has 1 unspecified atom stereocenters. The predicted octanol–water partition coefficient (Wildman–Crippen LogP) is 2.05. The number of rotatable bonds is 7. The molecule has 5 heteroatoms. The zero-order valence-corrected chi connectivity index (χ0v) is 11.1. The zero-order valence-electron chi connectivity index (χ0n) is 11.1. The first-order valence-electron chi connectivity index (χ1n) is 6.01. The molecule has 0 saturated carbocycles.